The van der Waals surface area contributed by atoms with E-state index in [1.54, 1.807) is 0 Å². The van der Waals surface area contributed by atoms with Crippen LogP contribution in [-0.4, -0.2) is 39.2 Å². The zero-order valence-electron chi connectivity index (χ0n) is 18.6. The molecule has 32 heavy (non-hydrogen) atoms. The van der Waals surface area contributed by atoms with Gasteiger partial charge in [0.2, 0.25) is 0 Å². The lowest BCUT2D eigenvalue weighted by Crippen LogP contribution is -2.08. The quantitative estimate of drug-likeness (QED) is 0.360. The number of nitrogens with zero attached hydrogens (tertiary/aromatic N) is 4. The molecule has 4 nitrogen and oxygen atoms in total. The minimum Gasteiger partial charge on any atom is -0.281 e. The van der Waals surface area contributed by atoms with Crippen LogP contribution < -0.4 is 0 Å². The van der Waals surface area contributed by atoms with Crippen molar-refractivity contribution in [2.75, 3.05) is 18.8 Å². The predicted molar refractivity (Wildman–Crippen MR) is 136 cm³/mol. The van der Waals surface area contributed by atoms with Gasteiger partial charge >= 0.3 is 0 Å². The number of aryl methyl sites for hydroxylation is 1. The van der Waals surface area contributed by atoms with Gasteiger partial charge in [0.15, 0.2) is 5.82 Å². The summed E-state index contributed by atoms with van der Waals surface area (Å²) in [5, 5.41) is 9.37. The SMILES string of the molecule is Cc1nnc2n1-c1ccc(-c3cccc(S(C)(C)C)c3)cc1C(c1ccc(Cl)cc1)=NC2. The highest BCUT2D eigenvalue weighted by Gasteiger charge is 2.22. The fraction of sp³-hybridized carbons (Fsp3) is 0.192. The molecule has 0 radical (unpaired) electrons. The van der Waals surface area contributed by atoms with Crippen molar-refractivity contribution in [3.05, 3.63) is 94.5 Å². The maximum atomic E-state index is 6.16. The van der Waals surface area contributed by atoms with Gasteiger partial charge in [-0.2, -0.15) is 0 Å². The normalized spacial score (nSPS) is 13.7. The highest BCUT2D eigenvalue weighted by Crippen LogP contribution is 2.46. The number of halogens is 1. The summed E-state index contributed by atoms with van der Waals surface area (Å²) in [4.78, 5) is 6.36. The highest BCUT2D eigenvalue weighted by atomic mass is 35.5. The van der Waals surface area contributed by atoms with E-state index in [9.17, 15) is 0 Å². The van der Waals surface area contributed by atoms with Gasteiger partial charge in [-0.25, -0.2) is 10.0 Å². The molecule has 1 aromatic heterocycles. The molecule has 0 aliphatic carbocycles. The monoisotopic (exact) mass is 460 g/mol. The summed E-state index contributed by atoms with van der Waals surface area (Å²) in [5.41, 5.74) is 6.49. The maximum Gasteiger partial charge on any atom is 0.159 e. The molecule has 3 aromatic carbocycles. The summed E-state index contributed by atoms with van der Waals surface area (Å²) in [7, 11) is -0.809. The molecule has 0 amide bonds. The molecule has 1 aliphatic heterocycles. The minimum atomic E-state index is -0.809. The number of hydrogen-bond acceptors (Lipinski definition) is 3. The first-order chi connectivity index (χ1) is 15.3. The Morgan fingerprint density at radius 2 is 1.56 bits per heavy atom. The van der Waals surface area contributed by atoms with E-state index in [1.165, 1.54) is 16.0 Å². The number of aliphatic imine (C=N–C) groups is 1. The summed E-state index contributed by atoms with van der Waals surface area (Å²) < 4.78 is 2.11. The van der Waals surface area contributed by atoms with E-state index in [-0.39, 0.29) is 0 Å². The van der Waals surface area contributed by atoms with Crippen LogP contribution >= 0.6 is 21.6 Å². The van der Waals surface area contributed by atoms with Crippen molar-refractivity contribution in [3.63, 3.8) is 0 Å². The molecule has 2 heterocycles. The molecule has 162 valence electrons. The van der Waals surface area contributed by atoms with Crippen molar-refractivity contribution < 1.29 is 0 Å². The average molecular weight is 461 g/mol. The highest BCUT2D eigenvalue weighted by molar-refractivity contribution is 8.32. The fourth-order valence-corrected chi connectivity index (χ4v) is 5.16. The topological polar surface area (TPSA) is 43.1 Å². The molecule has 0 saturated heterocycles. The Balaban J connectivity index is 1.72. The molecule has 0 atom stereocenters. The van der Waals surface area contributed by atoms with Gasteiger partial charge < -0.3 is 0 Å². The molecule has 4 aromatic rings. The number of hydrogen-bond donors (Lipinski definition) is 0. The lowest BCUT2D eigenvalue weighted by Gasteiger charge is -2.26. The van der Waals surface area contributed by atoms with E-state index in [0.29, 0.717) is 11.6 Å². The van der Waals surface area contributed by atoms with Gasteiger partial charge in [-0.05, 0) is 72.0 Å². The lowest BCUT2D eigenvalue weighted by atomic mass is 9.95. The summed E-state index contributed by atoms with van der Waals surface area (Å²) in [5.74, 6) is 1.71. The average Bonchev–Trinajstić information content (AvgIpc) is 3.05. The summed E-state index contributed by atoms with van der Waals surface area (Å²) in [6.45, 7) is 2.46. The van der Waals surface area contributed by atoms with Crippen molar-refractivity contribution >= 4 is 27.3 Å². The van der Waals surface area contributed by atoms with Gasteiger partial charge in [-0.1, -0.05) is 48.0 Å². The van der Waals surface area contributed by atoms with Crippen molar-refractivity contribution in [1.82, 2.24) is 14.8 Å². The maximum absolute atomic E-state index is 6.16. The summed E-state index contributed by atoms with van der Waals surface area (Å²) >= 11 is 6.16. The molecular formula is C26H25ClN4S. The van der Waals surface area contributed by atoms with Gasteiger partial charge in [0.1, 0.15) is 12.4 Å². The molecule has 0 N–H and O–H groups in total. The van der Waals surface area contributed by atoms with Crippen LogP contribution in [0.15, 0.2) is 76.6 Å². The first-order valence-electron chi connectivity index (χ1n) is 10.5. The standard InChI is InChI=1S/C26H25ClN4S/c1-17-29-30-25-16-28-26(18-8-11-21(27)12-9-18)23-15-20(10-13-24(23)31(17)25)19-6-5-7-22(14-19)32(2,3)4/h5-15H,16H2,1-4H3. The number of benzene rings is 3. The van der Waals surface area contributed by atoms with Crippen LogP contribution in [0.25, 0.3) is 16.8 Å². The summed E-state index contributed by atoms with van der Waals surface area (Å²) in [6, 6.07) is 23.4. The molecule has 6 heteroatoms. The van der Waals surface area contributed by atoms with Crippen LogP contribution in [0.2, 0.25) is 5.02 Å². The van der Waals surface area contributed by atoms with Gasteiger partial charge in [-0.15, -0.1) is 10.2 Å². The second-order valence-electron chi connectivity index (χ2n) is 8.77. The van der Waals surface area contributed by atoms with Crippen molar-refractivity contribution in [2.45, 2.75) is 18.4 Å². The lowest BCUT2D eigenvalue weighted by molar-refractivity contribution is 0.862. The molecule has 0 spiro atoms. The van der Waals surface area contributed by atoms with E-state index >= 15 is 0 Å². The zero-order chi connectivity index (χ0) is 22.5. The van der Waals surface area contributed by atoms with E-state index in [0.717, 1.165) is 34.2 Å². The van der Waals surface area contributed by atoms with Crippen molar-refractivity contribution in [2.24, 2.45) is 4.99 Å². The predicted octanol–water partition coefficient (Wildman–Crippen LogP) is 6.30. The largest absolute Gasteiger partial charge is 0.281 e. The van der Waals surface area contributed by atoms with Crippen LogP contribution in [0.5, 0.6) is 0 Å². The minimum absolute atomic E-state index is 0.478. The third kappa shape index (κ3) is 3.76. The van der Waals surface area contributed by atoms with Crippen LogP contribution in [0.4, 0.5) is 0 Å². The first-order valence-corrected chi connectivity index (χ1v) is 13.7. The third-order valence-corrected chi connectivity index (χ3v) is 7.68. The van der Waals surface area contributed by atoms with Gasteiger partial charge in [0.25, 0.3) is 0 Å². The van der Waals surface area contributed by atoms with Gasteiger partial charge in [-0.3, -0.25) is 9.56 Å². The number of fused-ring (bicyclic) bond motifs is 3. The zero-order valence-corrected chi connectivity index (χ0v) is 20.2. The second kappa shape index (κ2) is 7.91. The van der Waals surface area contributed by atoms with Crippen LogP contribution in [-0.2, 0) is 6.54 Å². The van der Waals surface area contributed by atoms with E-state index < -0.39 is 10.0 Å². The van der Waals surface area contributed by atoms with Crippen molar-refractivity contribution in [3.8, 4) is 16.8 Å². The fourth-order valence-electron chi connectivity index (χ4n) is 4.07. The van der Waals surface area contributed by atoms with Crippen molar-refractivity contribution in [1.29, 1.82) is 0 Å². The second-order valence-corrected chi connectivity index (χ2v) is 13.3. The molecule has 0 fully saturated rings. The Bertz CT molecular complexity index is 1350. The Morgan fingerprint density at radius 1 is 0.844 bits per heavy atom. The van der Waals surface area contributed by atoms with Gasteiger partial charge in [0.05, 0.1) is 11.4 Å². The van der Waals surface area contributed by atoms with E-state index in [4.69, 9.17) is 16.6 Å². The Kier molecular flexibility index (Phi) is 5.19. The molecular weight excluding hydrogens is 436 g/mol. The molecule has 1 aliphatic rings. The Hall–Kier alpha value is -2.89. The van der Waals surface area contributed by atoms with E-state index in [2.05, 4.69) is 76.0 Å². The Labute approximate surface area is 195 Å². The van der Waals surface area contributed by atoms with Gasteiger partial charge in [0, 0.05) is 16.1 Å². The van der Waals surface area contributed by atoms with Crippen LogP contribution in [0.3, 0.4) is 0 Å². The van der Waals surface area contributed by atoms with Crippen LogP contribution in [0, 0.1) is 6.92 Å². The number of aromatic nitrogens is 3. The van der Waals surface area contributed by atoms with E-state index in [1.807, 2.05) is 31.2 Å². The first kappa shape index (κ1) is 21.0. The summed E-state index contributed by atoms with van der Waals surface area (Å²) in [6.07, 6.45) is 6.97. The molecule has 0 bridgehead atoms. The molecule has 0 saturated carbocycles. The Morgan fingerprint density at radius 3 is 2.31 bits per heavy atom. The van der Waals surface area contributed by atoms with Crippen LogP contribution in [0.1, 0.15) is 22.8 Å². The number of rotatable bonds is 3. The molecule has 5 rings (SSSR count). The smallest absolute Gasteiger partial charge is 0.159 e. The molecule has 0 unspecified atom stereocenters. The third-order valence-electron chi connectivity index (χ3n) is 5.76.